The van der Waals surface area contributed by atoms with Crippen molar-refractivity contribution in [3.8, 4) is 0 Å². The lowest BCUT2D eigenvalue weighted by molar-refractivity contribution is -0.155. The molecule has 0 aromatic carbocycles. The summed E-state index contributed by atoms with van der Waals surface area (Å²) in [6.07, 6.45) is 28.5. The van der Waals surface area contributed by atoms with Gasteiger partial charge in [0, 0.05) is 6.42 Å². The second-order valence-electron chi connectivity index (χ2n) is 8.88. The van der Waals surface area contributed by atoms with E-state index in [1.54, 1.807) is 0 Å². The fourth-order valence-electron chi connectivity index (χ4n) is 3.92. The van der Waals surface area contributed by atoms with Crippen LogP contribution in [0.15, 0.2) is 0 Å². The highest BCUT2D eigenvalue weighted by molar-refractivity contribution is 5.75. The van der Waals surface area contributed by atoms with Gasteiger partial charge in [0.25, 0.3) is 0 Å². The maximum absolute atomic E-state index is 11.3. The van der Waals surface area contributed by atoms with E-state index >= 15 is 0 Å². The van der Waals surface area contributed by atoms with Crippen LogP contribution >= 0.6 is 0 Å². The molecule has 0 radical (unpaired) electrons. The summed E-state index contributed by atoms with van der Waals surface area (Å²) in [7, 11) is 0. The monoisotopic (exact) mass is 426 g/mol. The van der Waals surface area contributed by atoms with Crippen LogP contribution in [0.4, 0.5) is 0 Å². The van der Waals surface area contributed by atoms with Crippen LogP contribution in [-0.4, -0.2) is 23.7 Å². The van der Waals surface area contributed by atoms with E-state index in [0.29, 0.717) is 6.42 Å². The Labute approximate surface area is 186 Å². The molecule has 0 saturated carbocycles. The number of carbonyl (C=O) groups excluding carboxylic acids is 1. The molecule has 0 aliphatic rings. The Morgan fingerprint density at radius 2 is 0.833 bits per heavy atom. The smallest absolute Gasteiger partial charge is 0.341 e. The van der Waals surface area contributed by atoms with Crippen LogP contribution in [-0.2, 0) is 14.3 Å². The maximum atomic E-state index is 11.3. The summed E-state index contributed by atoms with van der Waals surface area (Å²) >= 11 is 0. The van der Waals surface area contributed by atoms with Gasteiger partial charge in [-0.1, -0.05) is 135 Å². The van der Waals surface area contributed by atoms with E-state index in [4.69, 9.17) is 5.11 Å². The summed E-state index contributed by atoms with van der Waals surface area (Å²) in [6, 6.07) is 0. The summed E-state index contributed by atoms with van der Waals surface area (Å²) in [5, 5.41) is 8.43. The van der Waals surface area contributed by atoms with E-state index in [1.165, 1.54) is 116 Å². The van der Waals surface area contributed by atoms with E-state index in [0.717, 1.165) is 19.3 Å². The Kier molecular flexibility index (Phi) is 23.4. The van der Waals surface area contributed by atoms with Gasteiger partial charge in [0.2, 0.25) is 0 Å². The normalized spacial score (nSPS) is 11.0. The first-order valence-corrected chi connectivity index (χ1v) is 13.0. The first-order valence-electron chi connectivity index (χ1n) is 13.0. The second kappa shape index (κ2) is 24.2. The molecule has 0 unspecified atom stereocenters. The van der Waals surface area contributed by atoms with Crippen LogP contribution in [0.3, 0.4) is 0 Å². The van der Waals surface area contributed by atoms with E-state index < -0.39 is 18.5 Å². The molecular weight excluding hydrogens is 376 g/mol. The summed E-state index contributed by atoms with van der Waals surface area (Å²) in [5.41, 5.74) is 0. The molecule has 0 heterocycles. The predicted octanol–water partition coefficient (Wildman–Crippen LogP) is 8.22. The Balaban J connectivity index is 3.08. The average Bonchev–Trinajstić information content (AvgIpc) is 2.73. The number of unbranched alkanes of at least 4 members (excludes halogenated alkanes) is 20. The lowest BCUT2D eigenvalue weighted by atomic mass is 10.0. The predicted molar refractivity (Wildman–Crippen MR) is 126 cm³/mol. The van der Waals surface area contributed by atoms with E-state index in [9.17, 15) is 9.59 Å². The zero-order valence-electron chi connectivity index (χ0n) is 19.9. The van der Waals surface area contributed by atoms with Crippen molar-refractivity contribution in [2.24, 2.45) is 0 Å². The van der Waals surface area contributed by atoms with Crippen molar-refractivity contribution >= 4 is 11.9 Å². The fourth-order valence-corrected chi connectivity index (χ4v) is 3.92. The van der Waals surface area contributed by atoms with Gasteiger partial charge in [0.05, 0.1) is 0 Å². The van der Waals surface area contributed by atoms with Crippen LogP contribution in [0, 0.1) is 0 Å². The molecule has 0 rings (SSSR count). The first kappa shape index (κ1) is 28.9. The summed E-state index contributed by atoms with van der Waals surface area (Å²) in [4.78, 5) is 21.6. The number of hydrogen-bond donors (Lipinski definition) is 1. The maximum Gasteiger partial charge on any atom is 0.341 e. The van der Waals surface area contributed by atoms with Crippen molar-refractivity contribution in [1.82, 2.24) is 0 Å². The van der Waals surface area contributed by atoms with E-state index in [1.807, 2.05) is 0 Å². The van der Waals surface area contributed by atoms with E-state index in [-0.39, 0.29) is 0 Å². The van der Waals surface area contributed by atoms with Gasteiger partial charge in [0.15, 0.2) is 6.61 Å². The van der Waals surface area contributed by atoms with E-state index in [2.05, 4.69) is 11.7 Å². The Bertz CT molecular complexity index is 381. The molecule has 0 saturated heterocycles. The van der Waals surface area contributed by atoms with Crippen molar-refractivity contribution in [3.05, 3.63) is 0 Å². The molecule has 4 nitrogen and oxygen atoms in total. The number of carboxylic acid groups (broad SMARTS) is 1. The second-order valence-corrected chi connectivity index (χ2v) is 8.88. The number of aliphatic carboxylic acids is 1. The molecule has 0 aromatic heterocycles. The van der Waals surface area contributed by atoms with Gasteiger partial charge >= 0.3 is 11.9 Å². The van der Waals surface area contributed by atoms with Gasteiger partial charge in [-0.3, -0.25) is 4.79 Å². The minimum Gasteiger partial charge on any atom is -0.479 e. The minimum absolute atomic E-state index is 0.340. The third kappa shape index (κ3) is 25.0. The van der Waals surface area contributed by atoms with Crippen molar-refractivity contribution in [2.45, 2.75) is 148 Å². The van der Waals surface area contributed by atoms with Gasteiger partial charge in [-0.2, -0.15) is 0 Å². The summed E-state index contributed by atoms with van der Waals surface area (Å²) in [6.45, 7) is 1.77. The van der Waals surface area contributed by atoms with Gasteiger partial charge < -0.3 is 9.84 Å². The Morgan fingerprint density at radius 1 is 0.533 bits per heavy atom. The molecule has 178 valence electrons. The number of ether oxygens (including phenoxy) is 1. The van der Waals surface area contributed by atoms with Gasteiger partial charge in [0.1, 0.15) is 0 Å². The summed E-state index contributed by atoms with van der Waals surface area (Å²) in [5.74, 6) is -1.49. The van der Waals surface area contributed by atoms with Crippen LogP contribution < -0.4 is 0 Å². The molecule has 0 aromatic rings. The molecule has 0 bridgehead atoms. The van der Waals surface area contributed by atoms with Crippen LogP contribution in [0.25, 0.3) is 0 Å². The minimum atomic E-state index is -1.10. The van der Waals surface area contributed by atoms with Crippen molar-refractivity contribution < 1.29 is 19.4 Å². The lowest BCUT2D eigenvalue weighted by Crippen LogP contribution is -2.12. The molecule has 0 aliphatic carbocycles. The number of carbonyl (C=O) groups is 2. The Morgan fingerprint density at radius 3 is 1.13 bits per heavy atom. The zero-order chi connectivity index (χ0) is 22.1. The molecule has 0 spiro atoms. The number of esters is 1. The van der Waals surface area contributed by atoms with Crippen LogP contribution in [0.1, 0.15) is 148 Å². The molecule has 4 heteroatoms. The topological polar surface area (TPSA) is 63.6 Å². The van der Waals surface area contributed by atoms with Crippen LogP contribution in [0.5, 0.6) is 0 Å². The highest BCUT2D eigenvalue weighted by atomic mass is 16.5. The highest BCUT2D eigenvalue weighted by Crippen LogP contribution is 2.15. The quantitative estimate of drug-likeness (QED) is 0.125. The molecule has 0 amide bonds. The van der Waals surface area contributed by atoms with Gasteiger partial charge in [-0.05, 0) is 6.42 Å². The number of rotatable bonds is 24. The zero-order valence-corrected chi connectivity index (χ0v) is 19.9. The molecular formula is C26H50O4. The highest BCUT2D eigenvalue weighted by Gasteiger charge is 2.05. The molecule has 30 heavy (non-hydrogen) atoms. The van der Waals surface area contributed by atoms with Gasteiger partial charge in [-0.15, -0.1) is 0 Å². The van der Waals surface area contributed by atoms with Crippen LogP contribution in [0.2, 0.25) is 0 Å². The standard InChI is InChI=1S/C26H50O4/c1-2-3-4-5-6-7-8-9-10-11-12-13-14-15-16-17-18-19-20-21-22-23-26(29)30-24-25(27)28/h2-24H2,1H3,(H,27,28). The average molecular weight is 427 g/mol. The van der Waals surface area contributed by atoms with Gasteiger partial charge in [-0.25, -0.2) is 4.79 Å². The van der Waals surface area contributed by atoms with Crippen molar-refractivity contribution in [1.29, 1.82) is 0 Å². The van der Waals surface area contributed by atoms with Crippen molar-refractivity contribution in [3.63, 3.8) is 0 Å². The molecule has 1 N–H and O–H groups in total. The first-order chi connectivity index (χ1) is 14.7. The number of carboxylic acids is 1. The SMILES string of the molecule is CCCCCCCCCCCCCCCCCCCCCCCC(=O)OCC(=O)O. The number of hydrogen-bond acceptors (Lipinski definition) is 3. The third-order valence-electron chi connectivity index (χ3n) is 5.84. The van der Waals surface area contributed by atoms with Crippen molar-refractivity contribution in [2.75, 3.05) is 6.61 Å². The molecule has 0 fully saturated rings. The lowest BCUT2D eigenvalue weighted by Gasteiger charge is -2.04. The summed E-state index contributed by atoms with van der Waals surface area (Å²) < 4.78 is 4.61. The third-order valence-corrected chi connectivity index (χ3v) is 5.84. The Hall–Kier alpha value is -1.06. The fraction of sp³-hybridized carbons (Fsp3) is 0.923. The largest absolute Gasteiger partial charge is 0.479 e. The molecule has 0 atom stereocenters. The molecule has 0 aliphatic heterocycles.